The Labute approximate surface area is 209 Å². The Morgan fingerprint density at radius 3 is 2.63 bits per heavy atom. The third-order valence-corrected chi connectivity index (χ3v) is 5.83. The molecular formula is C29H23ClN2O3. The van der Waals surface area contributed by atoms with Gasteiger partial charge in [-0.1, -0.05) is 60.1 Å². The molecule has 0 aliphatic carbocycles. The molecule has 0 atom stereocenters. The SMILES string of the molecule is COc1cc(/C=C(\C#N)C(=O)Nc2cccc(Cl)c2)ccc1OCc1c(C)ccc2ccccc12. The van der Waals surface area contributed by atoms with Gasteiger partial charge < -0.3 is 14.8 Å². The smallest absolute Gasteiger partial charge is 0.266 e. The van der Waals surface area contributed by atoms with Crippen LogP contribution in [0.2, 0.25) is 5.02 Å². The lowest BCUT2D eigenvalue weighted by atomic mass is 10.0. The van der Waals surface area contributed by atoms with Crippen molar-refractivity contribution >= 4 is 40.0 Å². The zero-order valence-corrected chi connectivity index (χ0v) is 20.1. The maximum Gasteiger partial charge on any atom is 0.266 e. The Hall–Kier alpha value is -4.27. The van der Waals surface area contributed by atoms with E-state index in [1.54, 1.807) is 49.6 Å². The lowest BCUT2D eigenvalue weighted by Gasteiger charge is -2.14. The molecule has 0 radical (unpaired) electrons. The number of methoxy groups -OCH3 is 1. The van der Waals surface area contributed by atoms with Crippen LogP contribution in [0.25, 0.3) is 16.8 Å². The number of amides is 1. The van der Waals surface area contributed by atoms with Gasteiger partial charge in [-0.05, 0) is 65.2 Å². The number of anilines is 1. The average molecular weight is 483 g/mol. The van der Waals surface area contributed by atoms with Gasteiger partial charge in [-0.3, -0.25) is 4.79 Å². The fourth-order valence-corrected chi connectivity index (χ4v) is 3.95. The van der Waals surface area contributed by atoms with Crippen LogP contribution in [0.15, 0.2) is 84.4 Å². The number of hydrogen-bond donors (Lipinski definition) is 1. The molecule has 1 amide bonds. The van der Waals surface area contributed by atoms with Gasteiger partial charge in [0, 0.05) is 16.3 Å². The molecule has 0 aliphatic heterocycles. The molecule has 0 unspecified atom stereocenters. The highest BCUT2D eigenvalue weighted by Gasteiger charge is 2.13. The highest BCUT2D eigenvalue weighted by Crippen LogP contribution is 2.31. The quantitative estimate of drug-likeness (QED) is 0.229. The summed E-state index contributed by atoms with van der Waals surface area (Å²) in [6.45, 7) is 2.44. The van der Waals surface area contributed by atoms with Gasteiger partial charge in [-0.15, -0.1) is 0 Å². The van der Waals surface area contributed by atoms with Gasteiger partial charge >= 0.3 is 0 Å². The zero-order chi connectivity index (χ0) is 24.8. The number of fused-ring (bicyclic) bond motifs is 1. The number of nitrogens with zero attached hydrogens (tertiary/aromatic N) is 1. The minimum atomic E-state index is -0.527. The number of hydrogen-bond acceptors (Lipinski definition) is 4. The first-order valence-electron chi connectivity index (χ1n) is 11.0. The molecule has 174 valence electrons. The second-order valence-electron chi connectivity index (χ2n) is 7.92. The number of carbonyl (C=O) groups is 1. The number of benzene rings is 4. The van der Waals surface area contributed by atoms with E-state index >= 15 is 0 Å². The first kappa shape index (κ1) is 23.9. The van der Waals surface area contributed by atoms with Gasteiger partial charge in [0.1, 0.15) is 18.2 Å². The lowest BCUT2D eigenvalue weighted by molar-refractivity contribution is -0.112. The van der Waals surface area contributed by atoms with Crippen molar-refractivity contribution in [1.29, 1.82) is 5.26 Å². The van der Waals surface area contributed by atoms with Crippen LogP contribution in [0, 0.1) is 18.3 Å². The zero-order valence-electron chi connectivity index (χ0n) is 19.3. The summed E-state index contributed by atoms with van der Waals surface area (Å²) in [7, 11) is 1.55. The van der Waals surface area contributed by atoms with Crippen molar-refractivity contribution < 1.29 is 14.3 Å². The number of rotatable bonds is 7. The van der Waals surface area contributed by atoms with Gasteiger partial charge in [-0.25, -0.2) is 0 Å². The van der Waals surface area contributed by atoms with Crippen LogP contribution in [0.4, 0.5) is 5.69 Å². The van der Waals surface area contributed by atoms with E-state index < -0.39 is 5.91 Å². The third-order valence-electron chi connectivity index (χ3n) is 5.59. The Morgan fingerprint density at radius 1 is 1.03 bits per heavy atom. The van der Waals surface area contributed by atoms with Crippen LogP contribution in [0.1, 0.15) is 16.7 Å². The standard InChI is InChI=1S/C29H23ClN2O3/c1-19-10-12-21-6-3-4-9-25(21)26(19)18-35-27-13-11-20(15-28(27)34-2)14-22(17-31)29(33)32-24-8-5-7-23(30)16-24/h3-16H,18H2,1-2H3,(H,32,33)/b22-14+. The molecule has 0 saturated heterocycles. The van der Waals surface area contributed by atoms with E-state index in [0.717, 1.165) is 21.9 Å². The summed E-state index contributed by atoms with van der Waals surface area (Å²) in [5.41, 5.74) is 3.35. The molecule has 0 fully saturated rings. The average Bonchev–Trinajstić information content (AvgIpc) is 2.87. The molecule has 0 aliphatic rings. The topological polar surface area (TPSA) is 71.3 Å². The molecule has 0 spiro atoms. The van der Waals surface area contributed by atoms with Gasteiger partial charge in [0.15, 0.2) is 11.5 Å². The van der Waals surface area contributed by atoms with Crippen LogP contribution < -0.4 is 14.8 Å². The molecule has 35 heavy (non-hydrogen) atoms. The molecule has 4 rings (SSSR count). The Bertz CT molecular complexity index is 1470. The van der Waals surface area contributed by atoms with Crippen LogP contribution >= 0.6 is 11.6 Å². The van der Waals surface area contributed by atoms with Crippen molar-refractivity contribution in [2.45, 2.75) is 13.5 Å². The van der Waals surface area contributed by atoms with E-state index in [0.29, 0.717) is 34.4 Å². The number of ether oxygens (including phenoxy) is 2. The fraction of sp³-hybridized carbons (Fsp3) is 0.103. The van der Waals surface area contributed by atoms with Crippen molar-refractivity contribution in [3.05, 3.63) is 106 Å². The van der Waals surface area contributed by atoms with Crippen molar-refractivity contribution in [3.8, 4) is 17.6 Å². The molecule has 6 heteroatoms. The van der Waals surface area contributed by atoms with Gasteiger partial charge in [-0.2, -0.15) is 5.26 Å². The molecule has 0 aromatic heterocycles. The van der Waals surface area contributed by atoms with Crippen LogP contribution in [-0.2, 0) is 11.4 Å². The number of carbonyl (C=O) groups excluding carboxylic acids is 1. The van der Waals surface area contributed by atoms with E-state index in [9.17, 15) is 10.1 Å². The molecule has 1 N–H and O–H groups in total. The van der Waals surface area contributed by atoms with Gasteiger partial charge in [0.05, 0.1) is 7.11 Å². The Morgan fingerprint density at radius 2 is 1.86 bits per heavy atom. The number of halogens is 1. The maximum atomic E-state index is 12.6. The van der Waals surface area contributed by atoms with Crippen molar-refractivity contribution in [2.24, 2.45) is 0 Å². The molecule has 0 bridgehead atoms. The fourth-order valence-electron chi connectivity index (χ4n) is 3.76. The molecule has 4 aromatic rings. The Balaban J connectivity index is 1.54. The summed E-state index contributed by atoms with van der Waals surface area (Å²) in [6, 6.07) is 26.4. The Kier molecular flexibility index (Phi) is 7.35. The van der Waals surface area contributed by atoms with Gasteiger partial charge in [0.25, 0.3) is 5.91 Å². The summed E-state index contributed by atoms with van der Waals surface area (Å²) in [6.07, 6.45) is 1.50. The minimum Gasteiger partial charge on any atom is -0.493 e. The van der Waals surface area contributed by atoms with Crippen LogP contribution in [0.5, 0.6) is 11.5 Å². The first-order chi connectivity index (χ1) is 17.0. The summed E-state index contributed by atoms with van der Waals surface area (Å²) in [5, 5.41) is 15.0. The van der Waals surface area contributed by atoms with E-state index in [4.69, 9.17) is 21.1 Å². The molecule has 0 saturated carbocycles. The molecule has 4 aromatic carbocycles. The molecule has 0 heterocycles. The normalized spacial score (nSPS) is 11.1. The minimum absolute atomic E-state index is 0.0490. The van der Waals surface area contributed by atoms with Crippen molar-refractivity contribution in [1.82, 2.24) is 0 Å². The predicted molar refractivity (Wildman–Crippen MR) is 140 cm³/mol. The third kappa shape index (κ3) is 5.63. The molecule has 5 nitrogen and oxygen atoms in total. The van der Waals surface area contributed by atoms with E-state index in [1.807, 2.05) is 18.2 Å². The number of nitriles is 1. The summed E-state index contributed by atoms with van der Waals surface area (Å²) in [5.74, 6) is 0.545. The van der Waals surface area contributed by atoms with Crippen LogP contribution in [-0.4, -0.2) is 13.0 Å². The monoisotopic (exact) mass is 482 g/mol. The maximum absolute atomic E-state index is 12.6. The van der Waals surface area contributed by atoms with Crippen molar-refractivity contribution in [2.75, 3.05) is 12.4 Å². The first-order valence-corrected chi connectivity index (χ1v) is 11.3. The number of nitrogens with one attached hydrogen (secondary N) is 1. The van der Waals surface area contributed by atoms with Crippen LogP contribution in [0.3, 0.4) is 0 Å². The summed E-state index contributed by atoms with van der Waals surface area (Å²) in [4.78, 5) is 12.6. The van der Waals surface area contributed by atoms with E-state index in [1.165, 1.54) is 6.08 Å². The predicted octanol–water partition coefficient (Wildman–Crippen LogP) is 6.93. The second kappa shape index (κ2) is 10.8. The lowest BCUT2D eigenvalue weighted by Crippen LogP contribution is -2.13. The molecular weight excluding hydrogens is 460 g/mol. The summed E-state index contributed by atoms with van der Waals surface area (Å²) >= 11 is 5.97. The highest BCUT2D eigenvalue weighted by atomic mass is 35.5. The number of aryl methyl sites for hydroxylation is 1. The second-order valence-corrected chi connectivity index (χ2v) is 8.35. The largest absolute Gasteiger partial charge is 0.493 e. The van der Waals surface area contributed by atoms with E-state index in [2.05, 4.69) is 36.5 Å². The summed E-state index contributed by atoms with van der Waals surface area (Å²) < 4.78 is 11.6. The van der Waals surface area contributed by atoms with E-state index in [-0.39, 0.29) is 5.57 Å². The van der Waals surface area contributed by atoms with Gasteiger partial charge in [0.2, 0.25) is 0 Å². The van der Waals surface area contributed by atoms with Crippen molar-refractivity contribution in [3.63, 3.8) is 0 Å². The highest BCUT2D eigenvalue weighted by molar-refractivity contribution is 6.31.